The predicted molar refractivity (Wildman–Crippen MR) is 119 cm³/mol. The minimum absolute atomic E-state index is 0.0310. The first-order valence-corrected chi connectivity index (χ1v) is 11.1. The lowest BCUT2D eigenvalue weighted by molar-refractivity contribution is -0.147. The van der Waals surface area contributed by atoms with Gasteiger partial charge in [0.15, 0.2) is 0 Å². The third-order valence-corrected chi connectivity index (χ3v) is 7.05. The van der Waals surface area contributed by atoms with Crippen molar-refractivity contribution in [2.75, 3.05) is 38.2 Å². The second kappa shape index (κ2) is 7.68. The van der Waals surface area contributed by atoms with Crippen LogP contribution in [0.1, 0.15) is 25.7 Å². The lowest BCUT2D eigenvalue weighted by atomic mass is 9.83. The first-order valence-electron chi connectivity index (χ1n) is 11.1. The Hall–Kier alpha value is -2.86. The van der Waals surface area contributed by atoms with Gasteiger partial charge in [0, 0.05) is 29.5 Å². The lowest BCUT2D eigenvalue weighted by Crippen LogP contribution is -2.49. The Bertz CT molecular complexity index is 1030. The number of amides is 2. The topological polar surface area (TPSA) is 67.9 Å². The molecule has 5 rings (SSSR count). The zero-order valence-electron chi connectivity index (χ0n) is 17.7. The summed E-state index contributed by atoms with van der Waals surface area (Å²) in [6.07, 6.45) is 4.85. The molecule has 2 aliphatic carbocycles. The van der Waals surface area contributed by atoms with Crippen LogP contribution in [0.3, 0.4) is 0 Å². The van der Waals surface area contributed by atoms with E-state index in [-0.39, 0.29) is 11.8 Å². The van der Waals surface area contributed by atoms with E-state index in [0.29, 0.717) is 32.9 Å². The minimum Gasteiger partial charge on any atom is -0.489 e. The molecule has 2 aromatic carbocycles. The Balaban J connectivity index is 1.40. The fraction of sp³-hybridized carbons (Fsp3) is 0.440. The molecular weight excluding hydrogens is 392 g/mol. The van der Waals surface area contributed by atoms with Crippen LogP contribution in [0.25, 0.3) is 10.8 Å². The van der Waals surface area contributed by atoms with Gasteiger partial charge in [-0.15, -0.1) is 0 Å². The monoisotopic (exact) mass is 420 g/mol. The van der Waals surface area contributed by atoms with E-state index >= 15 is 0 Å². The van der Waals surface area contributed by atoms with Crippen molar-refractivity contribution < 1.29 is 19.1 Å². The normalized spacial score (nSPS) is 20.7. The molecule has 162 valence electrons. The van der Waals surface area contributed by atoms with Gasteiger partial charge in [0.2, 0.25) is 11.8 Å². The Morgan fingerprint density at radius 3 is 2.35 bits per heavy atom. The average Bonchev–Trinajstić information content (AvgIpc) is 3.72. The van der Waals surface area contributed by atoms with Crippen molar-refractivity contribution in [1.29, 1.82) is 0 Å². The second-order valence-electron chi connectivity index (χ2n) is 8.78. The zero-order chi connectivity index (χ0) is 21.5. The lowest BCUT2D eigenvalue weighted by Gasteiger charge is -2.34. The van der Waals surface area contributed by atoms with Crippen molar-refractivity contribution in [3.05, 3.63) is 49.1 Å². The third kappa shape index (κ3) is 3.30. The maximum absolute atomic E-state index is 13.5. The van der Waals surface area contributed by atoms with E-state index in [9.17, 15) is 9.59 Å². The van der Waals surface area contributed by atoms with Gasteiger partial charge < -0.3 is 19.7 Å². The first kappa shape index (κ1) is 20.1. The molecule has 0 aromatic heterocycles. The Kier molecular flexibility index (Phi) is 4.97. The Morgan fingerprint density at radius 2 is 1.71 bits per heavy atom. The van der Waals surface area contributed by atoms with Crippen molar-refractivity contribution in [1.82, 2.24) is 4.90 Å². The van der Waals surface area contributed by atoms with E-state index in [2.05, 4.69) is 11.9 Å². The SMILES string of the molecule is C=CCOc1ccc(NC(=O)C2(C3(C(=O)N4CCOCC4)CC3)CC2)c2ccccc12. The zero-order valence-corrected chi connectivity index (χ0v) is 17.7. The van der Waals surface area contributed by atoms with Gasteiger partial charge in [0.05, 0.1) is 24.0 Å². The molecular formula is C25H28N2O4. The maximum atomic E-state index is 13.5. The summed E-state index contributed by atoms with van der Waals surface area (Å²) in [5.74, 6) is 0.869. The standard InChI is InChI=1S/C25H28N2O4/c1-2-15-31-21-8-7-20(18-5-3-4-6-19(18)21)26-22(28)24(9-10-24)25(11-12-25)23(29)27-13-16-30-17-14-27/h2-8H,1,9-17H2,(H,26,28). The van der Waals surface area contributed by atoms with Crippen LogP contribution in [0, 0.1) is 10.8 Å². The van der Waals surface area contributed by atoms with Gasteiger partial charge in [-0.25, -0.2) is 0 Å². The molecule has 0 spiro atoms. The molecule has 0 atom stereocenters. The molecule has 3 aliphatic rings. The van der Waals surface area contributed by atoms with E-state index in [1.807, 2.05) is 41.3 Å². The number of rotatable bonds is 7. The third-order valence-electron chi connectivity index (χ3n) is 7.05. The highest BCUT2D eigenvalue weighted by Gasteiger charge is 2.73. The number of hydrogen-bond acceptors (Lipinski definition) is 4. The van der Waals surface area contributed by atoms with E-state index < -0.39 is 10.8 Å². The van der Waals surface area contributed by atoms with Crippen LogP contribution < -0.4 is 10.1 Å². The molecule has 2 amide bonds. The van der Waals surface area contributed by atoms with Crippen LogP contribution >= 0.6 is 0 Å². The number of hydrogen-bond donors (Lipinski definition) is 1. The van der Waals surface area contributed by atoms with Crippen LogP contribution in [0.4, 0.5) is 5.69 Å². The van der Waals surface area contributed by atoms with Gasteiger partial charge in [-0.3, -0.25) is 9.59 Å². The van der Waals surface area contributed by atoms with Crippen molar-refractivity contribution >= 4 is 28.3 Å². The van der Waals surface area contributed by atoms with Crippen molar-refractivity contribution in [2.45, 2.75) is 25.7 Å². The quantitative estimate of drug-likeness (QED) is 0.693. The van der Waals surface area contributed by atoms with Gasteiger partial charge in [0.1, 0.15) is 12.4 Å². The molecule has 2 aromatic rings. The summed E-state index contributed by atoms with van der Waals surface area (Å²) in [4.78, 5) is 28.8. The summed E-state index contributed by atoms with van der Waals surface area (Å²) < 4.78 is 11.2. The molecule has 0 radical (unpaired) electrons. The maximum Gasteiger partial charge on any atom is 0.231 e. The number of morpholine rings is 1. The largest absolute Gasteiger partial charge is 0.489 e. The molecule has 3 fully saturated rings. The second-order valence-corrected chi connectivity index (χ2v) is 8.78. The minimum atomic E-state index is -0.582. The Morgan fingerprint density at radius 1 is 1.03 bits per heavy atom. The number of fused-ring (bicyclic) bond motifs is 1. The van der Waals surface area contributed by atoms with E-state index in [1.54, 1.807) is 6.08 Å². The number of carbonyl (C=O) groups excluding carboxylic acids is 2. The van der Waals surface area contributed by atoms with E-state index in [1.165, 1.54) is 0 Å². The number of nitrogens with one attached hydrogen (secondary N) is 1. The summed E-state index contributed by atoms with van der Waals surface area (Å²) in [6.45, 7) is 6.52. The highest BCUT2D eigenvalue weighted by atomic mass is 16.5. The van der Waals surface area contributed by atoms with Gasteiger partial charge in [0.25, 0.3) is 0 Å². The number of anilines is 1. The molecule has 0 bridgehead atoms. The van der Waals surface area contributed by atoms with E-state index in [0.717, 1.165) is 47.9 Å². The van der Waals surface area contributed by atoms with Gasteiger partial charge >= 0.3 is 0 Å². The summed E-state index contributed by atoms with van der Waals surface area (Å²) in [6, 6.07) is 11.6. The van der Waals surface area contributed by atoms with Crippen LogP contribution in [0.2, 0.25) is 0 Å². The van der Waals surface area contributed by atoms with Crippen LogP contribution in [0.5, 0.6) is 5.75 Å². The number of benzene rings is 2. The molecule has 1 N–H and O–H groups in total. The summed E-state index contributed by atoms with van der Waals surface area (Å²) >= 11 is 0. The highest BCUT2D eigenvalue weighted by molar-refractivity contribution is 6.09. The molecule has 1 heterocycles. The molecule has 2 saturated carbocycles. The molecule has 0 unspecified atom stereocenters. The summed E-state index contributed by atoms with van der Waals surface area (Å²) in [5.41, 5.74) is -0.355. The average molecular weight is 421 g/mol. The smallest absolute Gasteiger partial charge is 0.231 e. The van der Waals surface area contributed by atoms with Crippen molar-refractivity contribution in [3.63, 3.8) is 0 Å². The molecule has 6 nitrogen and oxygen atoms in total. The van der Waals surface area contributed by atoms with Crippen LogP contribution in [-0.2, 0) is 14.3 Å². The molecule has 31 heavy (non-hydrogen) atoms. The van der Waals surface area contributed by atoms with Gasteiger partial charge in [-0.1, -0.05) is 36.9 Å². The molecule has 6 heteroatoms. The molecule has 1 saturated heterocycles. The van der Waals surface area contributed by atoms with Crippen molar-refractivity contribution in [3.8, 4) is 5.75 Å². The van der Waals surface area contributed by atoms with Gasteiger partial charge in [-0.05, 0) is 37.8 Å². The fourth-order valence-electron chi connectivity index (χ4n) is 5.04. The number of ether oxygens (including phenoxy) is 2. The predicted octanol–water partition coefficient (Wildman–Crippen LogP) is 3.76. The highest BCUT2D eigenvalue weighted by Crippen LogP contribution is 2.71. The van der Waals surface area contributed by atoms with Crippen molar-refractivity contribution in [2.24, 2.45) is 10.8 Å². The fourth-order valence-corrected chi connectivity index (χ4v) is 5.04. The van der Waals surface area contributed by atoms with Crippen LogP contribution in [-0.4, -0.2) is 49.6 Å². The number of nitrogens with zero attached hydrogens (tertiary/aromatic N) is 1. The van der Waals surface area contributed by atoms with Gasteiger partial charge in [-0.2, -0.15) is 0 Å². The Labute approximate surface area is 182 Å². The summed E-state index contributed by atoms with van der Waals surface area (Å²) in [5, 5.41) is 5.04. The number of carbonyl (C=O) groups is 2. The first-order chi connectivity index (χ1) is 15.1. The van der Waals surface area contributed by atoms with Crippen LogP contribution in [0.15, 0.2) is 49.1 Å². The van der Waals surface area contributed by atoms with E-state index in [4.69, 9.17) is 9.47 Å². The molecule has 1 aliphatic heterocycles. The summed E-state index contributed by atoms with van der Waals surface area (Å²) in [7, 11) is 0.